The van der Waals surface area contributed by atoms with E-state index in [1.165, 1.54) is 5.56 Å². The lowest BCUT2D eigenvalue weighted by molar-refractivity contribution is 0.0626. The Morgan fingerprint density at radius 1 is 1.40 bits per heavy atom. The summed E-state index contributed by atoms with van der Waals surface area (Å²) in [7, 11) is 2.15. The first kappa shape index (κ1) is 14.8. The van der Waals surface area contributed by atoms with Crippen molar-refractivity contribution in [2.24, 2.45) is 10.9 Å². The van der Waals surface area contributed by atoms with Crippen LogP contribution in [0.1, 0.15) is 24.9 Å². The number of piperazine rings is 1. The van der Waals surface area contributed by atoms with Crippen LogP contribution in [0.3, 0.4) is 0 Å². The largest absolute Gasteiger partial charge is 0.409 e. The highest BCUT2D eigenvalue weighted by Crippen LogP contribution is 2.28. The van der Waals surface area contributed by atoms with E-state index in [1.54, 1.807) is 0 Å². The molecule has 0 aliphatic carbocycles. The minimum Gasteiger partial charge on any atom is -0.409 e. The van der Waals surface area contributed by atoms with Crippen molar-refractivity contribution in [2.45, 2.75) is 25.4 Å². The SMILES string of the molecule is CC1CN(C)CCN1C(C/C(N)=N/O)c1ccccc1. The molecule has 20 heavy (non-hydrogen) atoms. The highest BCUT2D eigenvalue weighted by atomic mass is 16.4. The van der Waals surface area contributed by atoms with Gasteiger partial charge in [0.15, 0.2) is 0 Å². The summed E-state index contributed by atoms with van der Waals surface area (Å²) in [5, 5.41) is 12.0. The Morgan fingerprint density at radius 2 is 2.10 bits per heavy atom. The van der Waals surface area contributed by atoms with Crippen LogP contribution in [0.15, 0.2) is 35.5 Å². The van der Waals surface area contributed by atoms with Gasteiger partial charge in [-0.25, -0.2) is 0 Å². The predicted molar refractivity (Wildman–Crippen MR) is 80.9 cm³/mol. The highest BCUT2D eigenvalue weighted by molar-refractivity contribution is 5.80. The molecule has 0 aromatic heterocycles. The van der Waals surface area contributed by atoms with Crippen molar-refractivity contribution < 1.29 is 5.21 Å². The maximum atomic E-state index is 8.87. The normalized spacial score (nSPS) is 23.7. The maximum absolute atomic E-state index is 8.87. The van der Waals surface area contributed by atoms with Crippen molar-refractivity contribution in [2.75, 3.05) is 26.7 Å². The van der Waals surface area contributed by atoms with Gasteiger partial charge in [0, 0.05) is 38.1 Å². The third-order valence-electron chi connectivity index (χ3n) is 4.00. The molecule has 110 valence electrons. The second-order valence-corrected chi connectivity index (χ2v) is 5.57. The molecular weight excluding hydrogens is 252 g/mol. The van der Waals surface area contributed by atoms with Gasteiger partial charge in [0.05, 0.1) is 0 Å². The Labute approximate surface area is 120 Å². The summed E-state index contributed by atoms with van der Waals surface area (Å²) in [6.07, 6.45) is 0.550. The third-order valence-corrected chi connectivity index (χ3v) is 4.00. The quantitative estimate of drug-likeness (QED) is 0.378. The molecule has 1 aromatic rings. The summed E-state index contributed by atoms with van der Waals surface area (Å²) in [5.74, 6) is 0.282. The first-order valence-electron chi connectivity index (χ1n) is 7.07. The van der Waals surface area contributed by atoms with Crippen LogP contribution in [0.2, 0.25) is 0 Å². The summed E-state index contributed by atoms with van der Waals surface area (Å²) in [4.78, 5) is 4.79. The van der Waals surface area contributed by atoms with Crippen LogP contribution >= 0.6 is 0 Å². The average Bonchev–Trinajstić information content (AvgIpc) is 2.46. The summed E-state index contributed by atoms with van der Waals surface area (Å²) < 4.78 is 0. The van der Waals surface area contributed by atoms with Crippen LogP contribution in [-0.4, -0.2) is 53.6 Å². The van der Waals surface area contributed by atoms with E-state index in [2.05, 4.69) is 41.1 Å². The van der Waals surface area contributed by atoms with E-state index in [4.69, 9.17) is 10.9 Å². The Morgan fingerprint density at radius 3 is 2.70 bits per heavy atom. The van der Waals surface area contributed by atoms with Crippen LogP contribution in [0, 0.1) is 0 Å². The fraction of sp³-hybridized carbons (Fsp3) is 0.533. The smallest absolute Gasteiger partial charge is 0.141 e. The Kier molecular flexibility index (Phi) is 4.98. The minimum atomic E-state index is 0.163. The van der Waals surface area contributed by atoms with Crippen molar-refractivity contribution in [3.8, 4) is 0 Å². The van der Waals surface area contributed by atoms with Crippen molar-refractivity contribution in [3.63, 3.8) is 0 Å². The van der Waals surface area contributed by atoms with Crippen molar-refractivity contribution in [1.82, 2.24) is 9.80 Å². The fourth-order valence-electron chi connectivity index (χ4n) is 2.96. The van der Waals surface area contributed by atoms with Gasteiger partial charge in [0.2, 0.25) is 0 Å². The first-order valence-corrected chi connectivity index (χ1v) is 7.07. The van der Waals surface area contributed by atoms with E-state index >= 15 is 0 Å². The lowest BCUT2D eigenvalue weighted by Crippen LogP contribution is -2.52. The predicted octanol–water partition coefficient (Wildman–Crippen LogP) is 1.50. The maximum Gasteiger partial charge on any atom is 0.141 e. The first-order chi connectivity index (χ1) is 9.61. The third kappa shape index (κ3) is 3.49. The molecule has 0 amide bonds. The molecule has 0 bridgehead atoms. The number of benzene rings is 1. The minimum absolute atomic E-state index is 0.163. The monoisotopic (exact) mass is 276 g/mol. The number of oxime groups is 1. The molecular formula is C15H24N4O. The summed E-state index contributed by atoms with van der Waals surface area (Å²) in [5.41, 5.74) is 6.97. The molecule has 1 saturated heterocycles. The van der Waals surface area contributed by atoms with E-state index in [0.717, 1.165) is 19.6 Å². The number of hydrogen-bond acceptors (Lipinski definition) is 4. The summed E-state index contributed by atoms with van der Waals surface area (Å²) >= 11 is 0. The summed E-state index contributed by atoms with van der Waals surface area (Å²) in [6, 6.07) is 10.9. The van der Waals surface area contributed by atoms with Gasteiger partial charge in [-0.05, 0) is 19.5 Å². The zero-order chi connectivity index (χ0) is 14.5. The van der Waals surface area contributed by atoms with E-state index in [0.29, 0.717) is 12.5 Å². The van der Waals surface area contributed by atoms with Gasteiger partial charge < -0.3 is 15.8 Å². The van der Waals surface area contributed by atoms with Crippen LogP contribution < -0.4 is 5.73 Å². The highest BCUT2D eigenvalue weighted by Gasteiger charge is 2.29. The number of likely N-dealkylation sites (N-methyl/N-ethyl adjacent to an activating group) is 1. The molecule has 2 unspecified atom stereocenters. The molecule has 2 rings (SSSR count). The van der Waals surface area contributed by atoms with Gasteiger partial charge in [0.25, 0.3) is 0 Å². The van der Waals surface area contributed by atoms with E-state index < -0.39 is 0 Å². The molecule has 2 atom stereocenters. The van der Waals surface area contributed by atoms with Gasteiger partial charge in [-0.2, -0.15) is 0 Å². The molecule has 1 heterocycles. The number of hydrogen-bond donors (Lipinski definition) is 2. The molecule has 1 aliphatic heterocycles. The van der Waals surface area contributed by atoms with Gasteiger partial charge in [0.1, 0.15) is 5.84 Å². The summed E-state index contributed by atoms with van der Waals surface area (Å²) in [6.45, 7) is 5.32. The van der Waals surface area contributed by atoms with Crippen molar-refractivity contribution in [3.05, 3.63) is 35.9 Å². The van der Waals surface area contributed by atoms with Crippen LogP contribution in [0.4, 0.5) is 0 Å². The van der Waals surface area contributed by atoms with Crippen LogP contribution in [-0.2, 0) is 0 Å². The zero-order valence-electron chi connectivity index (χ0n) is 12.2. The molecule has 5 heteroatoms. The van der Waals surface area contributed by atoms with Crippen LogP contribution in [0.25, 0.3) is 0 Å². The van der Waals surface area contributed by atoms with Crippen molar-refractivity contribution >= 4 is 5.84 Å². The van der Waals surface area contributed by atoms with Gasteiger partial charge >= 0.3 is 0 Å². The number of amidine groups is 1. The molecule has 0 spiro atoms. The lowest BCUT2D eigenvalue weighted by atomic mass is 9.98. The van der Waals surface area contributed by atoms with Gasteiger partial charge in [-0.15, -0.1) is 0 Å². The molecule has 1 fully saturated rings. The van der Waals surface area contributed by atoms with E-state index in [1.807, 2.05) is 18.2 Å². The average molecular weight is 276 g/mol. The van der Waals surface area contributed by atoms with E-state index in [9.17, 15) is 0 Å². The van der Waals surface area contributed by atoms with Gasteiger partial charge in [-0.1, -0.05) is 35.5 Å². The molecule has 1 aromatic carbocycles. The lowest BCUT2D eigenvalue weighted by Gasteiger charge is -2.43. The second kappa shape index (κ2) is 6.72. The van der Waals surface area contributed by atoms with Crippen molar-refractivity contribution in [1.29, 1.82) is 0 Å². The molecule has 0 saturated carbocycles. The van der Waals surface area contributed by atoms with Crippen LogP contribution in [0.5, 0.6) is 0 Å². The second-order valence-electron chi connectivity index (χ2n) is 5.57. The number of rotatable bonds is 4. The van der Waals surface area contributed by atoms with E-state index in [-0.39, 0.29) is 11.9 Å². The Balaban J connectivity index is 2.22. The molecule has 0 radical (unpaired) electrons. The number of nitrogens with zero attached hydrogens (tertiary/aromatic N) is 3. The van der Waals surface area contributed by atoms with Gasteiger partial charge in [-0.3, -0.25) is 4.90 Å². The zero-order valence-corrected chi connectivity index (χ0v) is 12.2. The Bertz CT molecular complexity index is 448. The topological polar surface area (TPSA) is 65.1 Å². The Hall–Kier alpha value is -1.59. The fourth-order valence-corrected chi connectivity index (χ4v) is 2.96. The molecule has 3 N–H and O–H groups in total. The number of nitrogens with two attached hydrogens (primary N) is 1. The molecule has 1 aliphatic rings. The molecule has 5 nitrogen and oxygen atoms in total. The standard InChI is InChI=1S/C15H24N4O/c1-12-11-18(2)8-9-19(12)14(10-15(16)17-20)13-6-4-3-5-7-13/h3-7,12,14,20H,8-11H2,1-2H3,(H2,16,17).